The molecule has 5 heteroatoms. The molecule has 0 aromatic rings. The first kappa shape index (κ1) is 19.9. The molecular weight excluding hydrogens is 320 g/mol. The Labute approximate surface area is 149 Å². The Balaban J connectivity index is 2.30. The Morgan fingerprint density at radius 3 is 2.60 bits per heavy atom. The summed E-state index contributed by atoms with van der Waals surface area (Å²) in [6, 6.07) is 0. The smallest absolute Gasteiger partial charge is 0.334 e. The van der Waals surface area contributed by atoms with Gasteiger partial charge in [0.15, 0.2) is 0 Å². The number of aliphatic hydroxyl groups excluding tert-OH is 1. The van der Waals surface area contributed by atoms with Crippen molar-refractivity contribution in [1.82, 2.24) is 0 Å². The van der Waals surface area contributed by atoms with Crippen molar-refractivity contribution in [3.05, 3.63) is 36.0 Å². The molecule has 0 radical (unpaired) electrons. The molecule has 2 rings (SSSR count). The third-order valence-corrected chi connectivity index (χ3v) is 5.29. The van der Waals surface area contributed by atoms with Gasteiger partial charge >= 0.3 is 5.97 Å². The lowest BCUT2D eigenvalue weighted by molar-refractivity contribution is -0.139. The molecule has 1 heterocycles. The molecular formula is C20H30O5. The van der Waals surface area contributed by atoms with Crippen LogP contribution in [-0.4, -0.2) is 44.7 Å². The second kappa shape index (κ2) is 7.44. The average molecular weight is 350 g/mol. The second-order valence-corrected chi connectivity index (χ2v) is 7.89. The Hall–Kier alpha value is -1.43. The van der Waals surface area contributed by atoms with Crippen LogP contribution in [0.25, 0.3) is 0 Å². The highest BCUT2D eigenvalue weighted by Gasteiger charge is 2.33. The SMILES string of the molecule is C=C1C[C@H]2C=C(CC[C@](O)(C(C)C)/C=C/[C@@](C)(O)CC[C@@H]1O)C(=O)O2. The highest BCUT2D eigenvalue weighted by atomic mass is 16.5. The normalized spacial score (nSPS) is 38.9. The molecule has 0 spiro atoms. The standard InChI is InChI=1S/C20H30O5/c1-13(2)20(24)8-5-15-12-16(25-18(15)22)11-14(3)17(21)6-7-19(4,23)9-10-20/h9-10,12-13,16-17,21,23-24H,3,5-8,11H2,1-2,4H3/b10-9+/t16-,17-,19-,20+/m0/s1. The van der Waals surface area contributed by atoms with E-state index in [1.165, 1.54) is 0 Å². The number of fused-ring (bicyclic) bond motifs is 1. The third kappa shape index (κ3) is 5.03. The molecule has 1 aliphatic heterocycles. The summed E-state index contributed by atoms with van der Waals surface area (Å²) in [4.78, 5) is 12.0. The van der Waals surface area contributed by atoms with E-state index in [0.29, 0.717) is 43.3 Å². The Kier molecular flexibility index (Phi) is 5.92. The maximum atomic E-state index is 12.0. The molecule has 0 aromatic heterocycles. The molecule has 0 aromatic carbocycles. The Morgan fingerprint density at radius 1 is 1.28 bits per heavy atom. The van der Waals surface area contributed by atoms with Crippen LogP contribution in [0.15, 0.2) is 36.0 Å². The highest BCUT2D eigenvalue weighted by molar-refractivity contribution is 5.90. The van der Waals surface area contributed by atoms with Crippen LogP contribution in [-0.2, 0) is 9.53 Å². The minimum Gasteiger partial charge on any atom is -0.454 e. The van der Waals surface area contributed by atoms with Crippen molar-refractivity contribution in [2.75, 3.05) is 0 Å². The number of ether oxygens (including phenoxy) is 1. The fourth-order valence-electron chi connectivity index (χ4n) is 3.16. The molecule has 1 aliphatic carbocycles. The van der Waals surface area contributed by atoms with Gasteiger partial charge in [0.25, 0.3) is 0 Å². The van der Waals surface area contributed by atoms with Gasteiger partial charge in [-0.3, -0.25) is 0 Å². The van der Waals surface area contributed by atoms with Crippen LogP contribution in [0.3, 0.4) is 0 Å². The maximum absolute atomic E-state index is 12.0. The molecule has 0 saturated heterocycles. The molecule has 4 atom stereocenters. The number of carbonyl (C=O) groups is 1. The van der Waals surface area contributed by atoms with Crippen molar-refractivity contribution in [2.24, 2.45) is 5.92 Å². The average Bonchev–Trinajstić information content (AvgIpc) is 2.87. The fraction of sp³-hybridized carbons (Fsp3) is 0.650. The van der Waals surface area contributed by atoms with E-state index in [1.807, 2.05) is 13.8 Å². The molecule has 2 aliphatic rings. The van der Waals surface area contributed by atoms with E-state index in [0.717, 1.165) is 0 Å². The number of hydrogen-bond donors (Lipinski definition) is 3. The van der Waals surface area contributed by atoms with E-state index in [1.54, 1.807) is 25.2 Å². The number of carbonyl (C=O) groups excluding carboxylic acids is 1. The Bertz CT molecular complexity index is 587. The van der Waals surface area contributed by atoms with E-state index in [2.05, 4.69) is 6.58 Å². The predicted molar refractivity (Wildman–Crippen MR) is 95.7 cm³/mol. The zero-order valence-electron chi connectivity index (χ0n) is 15.4. The van der Waals surface area contributed by atoms with Crippen LogP contribution in [0.1, 0.15) is 52.9 Å². The van der Waals surface area contributed by atoms with Crippen molar-refractivity contribution in [3.8, 4) is 0 Å². The zero-order valence-corrected chi connectivity index (χ0v) is 15.4. The van der Waals surface area contributed by atoms with Gasteiger partial charge in [-0.1, -0.05) is 32.6 Å². The molecule has 0 unspecified atom stereocenters. The molecule has 0 amide bonds. The van der Waals surface area contributed by atoms with Crippen LogP contribution in [0.5, 0.6) is 0 Å². The fourth-order valence-corrected chi connectivity index (χ4v) is 3.16. The molecule has 2 bridgehead atoms. The minimum absolute atomic E-state index is 0.0772. The summed E-state index contributed by atoms with van der Waals surface area (Å²) in [6.07, 6.45) is 5.60. The summed E-state index contributed by atoms with van der Waals surface area (Å²) in [7, 11) is 0. The summed E-state index contributed by atoms with van der Waals surface area (Å²) in [6.45, 7) is 9.35. The topological polar surface area (TPSA) is 87.0 Å². The predicted octanol–water partition coefficient (Wildman–Crippen LogP) is 2.41. The van der Waals surface area contributed by atoms with Crippen molar-refractivity contribution < 1.29 is 24.9 Å². The maximum Gasteiger partial charge on any atom is 0.334 e. The van der Waals surface area contributed by atoms with Gasteiger partial charge in [0, 0.05) is 12.0 Å². The molecule has 5 nitrogen and oxygen atoms in total. The van der Waals surface area contributed by atoms with E-state index in [4.69, 9.17) is 4.74 Å². The number of esters is 1. The molecule has 0 saturated carbocycles. The van der Waals surface area contributed by atoms with E-state index < -0.39 is 23.4 Å². The van der Waals surface area contributed by atoms with Gasteiger partial charge in [0.2, 0.25) is 0 Å². The van der Waals surface area contributed by atoms with Crippen LogP contribution in [0.4, 0.5) is 0 Å². The minimum atomic E-state index is -1.14. The summed E-state index contributed by atoms with van der Waals surface area (Å²) in [5.74, 6) is -0.448. The van der Waals surface area contributed by atoms with Crippen LogP contribution >= 0.6 is 0 Å². The largest absolute Gasteiger partial charge is 0.454 e. The van der Waals surface area contributed by atoms with E-state index in [-0.39, 0.29) is 11.9 Å². The van der Waals surface area contributed by atoms with Crippen LogP contribution in [0, 0.1) is 5.92 Å². The first-order valence-corrected chi connectivity index (χ1v) is 8.95. The second-order valence-electron chi connectivity index (χ2n) is 7.89. The van der Waals surface area contributed by atoms with E-state index in [9.17, 15) is 20.1 Å². The number of rotatable bonds is 1. The van der Waals surface area contributed by atoms with Gasteiger partial charge in [-0.05, 0) is 50.2 Å². The van der Waals surface area contributed by atoms with Crippen molar-refractivity contribution in [2.45, 2.75) is 76.3 Å². The number of aliphatic hydroxyl groups is 3. The lowest BCUT2D eigenvalue weighted by atomic mass is 9.82. The zero-order chi connectivity index (χ0) is 18.8. The molecule has 0 fully saturated rings. The summed E-state index contributed by atoms with van der Waals surface area (Å²) in [5.41, 5.74) is -1.14. The number of hydrogen-bond acceptors (Lipinski definition) is 5. The first-order chi connectivity index (χ1) is 11.5. The lowest BCUT2D eigenvalue weighted by Gasteiger charge is -2.31. The van der Waals surface area contributed by atoms with Crippen molar-refractivity contribution >= 4 is 5.97 Å². The Morgan fingerprint density at radius 2 is 1.96 bits per heavy atom. The quantitative estimate of drug-likeness (QED) is 0.499. The summed E-state index contributed by atoms with van der Waals surface area (Å²) in [5, 5.41) is 31.7. The van der Waals surface area contributed by atoms with E-state index >= 15 is 0 Å². The van der Waals surface area contributed by atoms with Crippen molar-refractivity contribution in [3.63, 3.8) is 0 Å². The lowest BCUT2D eigenvalue weighted by Crippen LogP contribution is -2.34. The molecule has 140 valence electrons. The molecule has 25 heavy (non-hydrogen) atoms. The van der Waals surface area contributed by atoms with Gasteiger partial charge < -0.3 is 20.1 Å². The van der Waals surface area contributed by atoms with Gasteiger partial charge in [0.1, 0.15) is 6.10 Å². The monoisotopic (exact) mass is 350 g/mol. The van der Waals surface area contributed by atoms with Crippen molar-refractivity contribution in [1.29, 1.82) is 0 Å². The van der Waals surface area contributed by atoms with Gasteiger partial charge in [-0.25, -0.2) is 4.79 Å². The first-order valence-electron chi connectivity index (χ1n) is 8.95. The highest BCUT2D eigenvalue weighted by Crippen LogP contribution is 2.32. The van der Waals surface area contributed by atoms with Crippen LogP contribution < -0.4 is 0 Å². The van der Waals surface area contributed by atoms with Gasteiger partial charge in [0.05, 0.1) is 17.3 Å². The third-order valence-electron chi connectivity index (χ3n) is 5.29. The summed E-state index contributed by atoms with van der Waals surface area (Å²) >= 11 is 0. The van der Waals surface area contributed by atoms with Gasteiger partial charge in [-0.15, -0.1) is 0 Å². The van der Waals surface area contributed by atoms with Gasteiger partial charge in [-0.2, -0.15) is 0 Å². The summed E-state index contributed by atoms with van der Waals surface area (Å²) < 4.78 is 5.34. The van der Waals surface area contributed by atoms with Crippen LogP contribution in [0.2, 0.25) is 0 Å². The molecule has 3 N–H and O–H groups in total.